The van der Waals surface area contributed by atoms with Gasteiger partial charge in [-0.05, 0) is 55.3 Å². The molecule has 1 aromatic rings. The van der Waals surface area contributed by atoms with Crippen molar-refractivity contribution in [1.82, 2.24) is 10.4 Å². The molecule has 9 nitrogen and oxygen atoms in total. The minimum absolute atomic E-state index is 0.371. The van der Waals surface area contributed by atoms with Crippen molar-refractivity contribution in [1.29, 1.82) is 0 Å². The number of piperazine rings is 1. The maximum absolute atomic E-state index is 6.27. The molecule has 0 amide bonds. The molecule has 0 unspecified atom stereocenters. The lowest BCUT2D eigenvalue weighted by atomic mass is 9.97. The van der Waals surface area contributed by atoms with Crippen molar-refractivity contribution in [3.05, 3.63) is 47.3 Å². The Labute approximate surface area is 186 Å². The van der Waals surface area contributed by atoms with Crippen molar-refractivity contribution in [3.63, 3.8) is 0 Å². The van der Waals surface area contributed by atoms with Gasteiger partial charge in [-0.2, -0.15) is 0 Å². The van der Waals surface area contributed by atoms with Crippen molar-refractivity contribution in [3.8, 4) is 0 Å². The number of benzene rings is 1. The zero-order valence-electron chi connectivity index (χ0n) is 19.1. The minimum Gasteiger partial charge on any atom is -0.405 e. The molecular formula is C22H39N9. The van der Waals surface area contributed by atoms with Crippen LogP contribution in [0.15, 0.2) is 41.3 Å². The number of allylic oxidation sites excluding steroid dienone is 2. The van der Waals surface area contributed by atoms with Gasteiger partial charge in [0.2, 0.25) is 0 Å². The van der Waals surface area contributed by atoms with Gasteiger partial charge in [-0.3, -0.25) is 4.90 Å². The van der Waals surface area contributed by atoms with Gasteiger partial charge in [-0.15, -0.1) is 5.10 Å². The van der Waals surface area contributed by atoms with Crippen molar-refractivity contribution in [2.75, 3.05) is 49.5 Å². The Morgan fingerprint density at radius 1 is 1.19 bits per heavy atom. The van der Waals surface area contributed by atoms with E-state index in [1.165, 1.54) is 11.8 Å². The zero-order valence-corrected chi connectivity index (χ0v) is 19.1. The first-order valence-corrected chi connectivity index (χ1v) is 10.9. The number of hydrazone groups is 1. The maximum Gasteiger partial charge on any atom is 0.154 e. The highest BCUT2D eigenvalue weighted by atomic mass is 15.5. The molecule has 9 heteroatoms. The predicted octanol–water partition coefficient (Wildman–Crippen LogP) is 0.838. The van der Waals surface area contributed by atoms with Crippen LogP contribution in [0, 0.1) is 5.92 Å². The first-order chi connectivity index (χ1) is 14.9. The predicted molar refractivity (Wildman–Crippen MR) is 131 cm³/mol. The average Bonchev–Trinajstić information content (AvgIpc) is 2.73. The summed E-state index contributed by atoms with van der Waals surface area (Å²) in [4.78, 5) is 4.71. The van der Waals surface area contributed by atoms with Crippen LogP contribution in [0.3, 0.4) is 0 Å². The summed E-state index contributed by atoms with van der Waals surface area (Å²) in [6.07, 6.45) is 6.07. The molecule has 0 aliphatic carbocycles. The lowest BCUT2D eigenvalue weighted by molar-refractivity contribution is 0.277. The Balaban J connectivity index is 2.30. The molecular weight excluding hydrogens is 390 g/mol. The average molecular weight is 430 g/mol. The van der Waals surface area contributed by atoms with Crippen LogP contribution in [0.5, 0.6) is 0 Å². The van der Waals surface area contributed by atoms with Gasteiger partial charge in [-0.25, -0.2) is 11.4 Å². The quantitative estimate of drug-likeness (QED) is 0.105. The molecule has 10 N–H and O–H groups in total. The summed E-state index contributed by atoms with van der Waals surface area (Å²) in [5.41, 5.74) is 25.2. The van der Waals surface area contributed by atoms with Crippen LogP contribution >= 0.6 is 0 Å². The molecule has 0 radical (unpaired) electrons. The van der Waals surface area contributed by atoms with E-state index in [0.717, 1.165) is 68.3 Å². The molecule has 0 atom stereocenters. The Morgan fingerprint density at radius 3 is 2.48 bits per heavy atom. The number of nitrogens with zero attached hydrogens (tertiary/aromatic N) is 3. The van der Waals surface area contributed by atoms with Gasteiger partial charge in [0.15, 0.2) is 5.84 Å². The zero-order chi connectivity index (χ0) is 22.8. The molecule has 2 rings (SSSR count). The molecule has 172 valence electrons. The SMILES string of the molecule is CCNc1cc(/C(N)=N/NN)c(N2CCN(C/C(N)=C/C=C\N)CC2)cc1CC(C)C. The van der Waals surface area contributed by atoms with Crippen LogP contribution in [-0.4, -0.2) is 50.0 Å². The normalized spacial score (nSPS) is 16.4. The molecule has 1 heterocycles. The van der Waals surface area contributed by atoms with Crippen LogP contribution in [0.4, 0.5) is 11.4 Å². The second-order valence-electron chi connectivity index (χ2n) is 8.17. The first kappa shape index (κ1) is 24.4. The van der Waals surface area contributed by atoms with E-state index >= 15 is 0 Å². The molecule has 1 aromatic carbocycles. The van der Waals surface area contributed by atoms with Gasteiger partial charge in [0.25, 0.3) is 0 Å². The third kappa shape index (κ3) is 7.08. The fraction of sp³-hybridized carbons (Fsp3) is 0.500. The molecule has 1 fully saturated rings. The summed E-state index contributed by atoms with van der Waals surface area (Å²) in [7, 11) is 0. The van der Waals surface area contributed by atoms with Crippen molar-refractivity contribution < 1.29 is 0 Å². The second kappa shape index (κ2) is 12.1. The van der Waals surface area contributed by atoms with Crippen LogP contribution in [0.25, 0.3) is 0 Å². The summed E-state index contributed by atoms with van der Waals surface area (Å²) in [5, 5.41) is 7.51. The van der Waals surface area contributed by atoms with E-state index in [-0.39, 0.29) is 0 Å². The van der Waals surface area contributed by atoms with E-state index < -0.39 is 0 Å². The highest BCUT2D eigenvalue weighted by molar-refractivity contribution is 6.03. The number of rotatable bonds is 10. The third-order valence-electron chi connectivity index (χ3n) is 5.22. The summed E-state index contributed by atoms with van der Waals surface area (Å²) in [6.45, 7) is 11.7. The van der Waals surface area contributed by atoms with Crippen molar-refractivity contribution >= 4 is 17.2 Å². The first-order valence-electron chi connectivity index (χ1n) is 10.9. The topological polar surface area (TPSA) is 147 Å². The fourth-order valence-electron chi connectivity index (χ4n) is 3.83. The van der Waals surface area contributed by atoms with Gasteiger partial charge in [0, 0.05) is 61.9 Å². The highest BCUT2D eigenvalue weighted by Gasteiger charge is 2.22. The van der Waals surface area contributed by atoms with E-state index in [2.05, 4.69) is 58.7 Å². The lowest BCUT2D eigenvalue weighted by Crippen LogP contribution is -2.48. The van der Waals surface area contributed by atoms with Crippen LogP contribution < -0.4 is 38.8 Å². The standard InChI is InChI=1S/C22H39N9/c1-4-27-20-14-19(22(25)28-29-26)21(13-17(20)12-16(2)3)31-10-8-30(9-11-31)15-18(24)6-5-7-23/h5-7,13-14,16,27,29H,4,8-12,15,23-24,26H2,1-3H3,(H2,25,28)/b7-5-,18-6-. The van der Waals surface area contributed by atoms with E-state index in [4.69, 9.17) is 23.0 Å². The fourth-order valence-corrected chi connectivity index (χ4v) is 3.83. The second-order valence-corrected chi connectivity index (χ2v) is 8.17. The maximum atomic E-state index is 6.27. The number of hydrazine groups is 1. The number of nitrogens with one attached hydrogen (secondary N) is 2. The number of hydrogen-bond acceptors (Lipinski definition) is 8. The molecule has 1 saturated heterocycles. The van der Waals surface area contributed by atoms with E-state index in [1.807, 2.05) is 6.08 Å². The van der Waals surface area contributed by atoms with Crippen LogP contribution in [0.1, 0.15) is 31.9 Å². The largest absolute Gasteiger partial charge is 0.405 e. The van der Waals surface area contributed by atoms with Gasteiger partial charge in [0.1, 0.15) is 0 Å². The monoisotopic (exact) mass is 429 g/mol. The lowest BCUT2D eigenvalue weighted by Gasteiger charge is -2.37. The summed E-state index contributed by atoms with van der Waals surface area (Å²) < 4.78 is 0. The van der Waals surface area contributed by atoms with Crippen molar-refractivity contribution in [2.24, 2.45) is 34.1 Å². The summed E-state index contributed by atoms with van der Waals surface area (Å²) in [5.74, 6) is 6.32. The number of nitrogens with two attached hydrogens (primary N) is 4. The van der Waals surface area contributed by atoms with Crippen LogP contribution in [0.2, 0.25) is 0 Å². The molecule has 1 aliphatic heterocycles. The highest BCUT2D eigenvalue weighted by Crippen LogP contribution is 2.31. The molecule has 31 heavy (non-hydrogen) atoms. The number of anilines is 2. The minimum atomic E-state index is 0.371. The van der Waals surface area contributed by atoms with Crippen molar-refractivity contribution in [2.45, 2.75) is 27.2 Å². The smallest absolute Gasteiger partial charge is 0.154 e. The van der Waals surface area contributed by atoms with Gasteiger partial charge < -0.3 is 27.4 Å². The van der Waals surface area contributed by atoms with E-state index in [9.17, 15) is 0 Å². The Bertz CT molecular complexity index is 790. The van der Waals surface area contributed by atoms with Crippen LogP contribution in [-0.2, 0) is 6.42 Å². The Morgan fingerprint density at radius 2 is 1.90 bits per heavy atom. The molecule has 0 spiro atoms. The summed E-state index contributed by atoms with van der Waals surface area (Å²) >= 11 is 0. The van der Waals surface area contributed by atoms with Gasteiger partial charge in [-0.1, -0.05) is 13.8 Å². The molecule has 1 aliphatic rings. The molecule has 0 saturated carbocycles. The molecule has 0 aromatic heterocycles. The number of amidine groups is 1. The third-order valence-corrected chi connectivity index (χ3v) is 5.22. The summed E-state index contributed by atoms with van der Waals surface area (Å²) in [6, 6.07) is 4.35. The Kier molecular flexibility index (Phi) is 9.48. The Hall–Kier alpha value is -2.91. The van der Waals surface area contributed by atoms with E-state index in [1.54, 1.807) is 6.08 Å². The molecule has 0 bridgehead atoms. The van der Waals surface area contributed by atoms with E-state index in [0.29, 0.717) is 11.8 Å². The van der Waals surface area contributed by atoms with Gasteiger partial charge >= 0.3 is 0 Å². The van der Waals surface area contributed by atoms with Gasteiger partial charge in [0.05, 0.1) is 0 Å². The number of hydrogen-bond donors (Lipinski definition) is 6.